The first-order chi connectivity index (χ1) is 9.95. The summed E-state index contributed by atoms with van der Waals surface area (Å²) in [5.41, 5.74) is 0.610. The second kappa shape index (κ2) is 6.85. The second-order valence-electron chi connectivity index (χ2n) is 5.61. The van der Waals surface area contributed by atoms with Crippen LogP contribution in [0.1, 0.15) is 31.7 Å². The van der Waals surface area contributed by atoms with Gasteiger partial charge in [0, 0.05) is 20.1 Å². The molecule has 1 fully saturated rings. The Bertz CT molecular complexity index is 585. The Balaban J connectivity index is 2.26. The van der Waals surface area contributed by atoms with Gasteiger partial charge in [-0.1, -0.05) is 19.4 Å². The van der Waals surface area contributed by atoms with Gasteiger partial charge >= 0.3 is 0 Å². The van der Waals surface area contributed by atoms with Crippen LogP contribution < -0.4 is 5.32 Å². The van der Waals surface area contributed by atoms with Crippen molar-refractivity contribution in [1.82, 2.24) is 9.62 Å². The third kappa shape index (κ3) is 3.81. The number of rotatable bonds is 7. The molecule has 1 aliphatic carbocycles. The molecule has 1 N–H and O–H groups in total. The zero-order valence-electron chi connectivity index (χ0n) is 12.6. The highest BCUT2D eigenvalue weighted by Gasteiger charge is 2.28. The molecule has 0 bridgehead atoms. The van der Waals surface area contributed by atoms with Gasteiger partial charge < -0.3 is 5.32 Å². The van der Waals surface area contributed by atoms with Crippen LogP contribution in [0.2, 0.25) is 0 Å². The predicted molar refractivity (Wildman–Crippen MR) is 80.9 cm³/mol. The van der Waals surface area contributed by atoms with Crippen LogP contribution in [0.3, 0.4) is 0 Å². The van der Waals surface area contributed by atoms with Gasteiger partial charge in [-0.3, -0.25) is 0 Å². The summed E-state index contributed by atoms with van der Waals surface area (Å²) < 4.78 is 40.2. The van der Waals surface area contributed by atoms with Gasteiger partial charge in [0.2, 0.25) is 10.0 Å². The van der Waals surface area contributed by atoms with Crippen molar-refractivity contribution in [3.05, 3.63) is 29.6 Å². The van der Waals surface area contributed by atoms with E-state index in [2.05, 4.69) is 5.32 Å². The molecule has 2 rings (SSSR count). The fourth-order valence-corrected chi connectivity index (χ4v) is 3.96. The summed E-state index contributed by atoms with van der Waals surface area (Å²) in [6, 6.07) is 3.97. The Morgan fingerprint density at radius 3 is 2.67 bits per heavy atom. The predicted octanol–water partition coefficient (Wildman–Crippen LogP) is 2.36. The first-order valence-electron chi connectivity index (χ1n) is 7.40. The Hall–Kier alpha value is -0.980. The molecule has 0 aromatic heterocycles. The van der Waals surface area contributed by atoms with E-state index < -0.39 is 15.8 Å². The quantitative estimate of drug-likeness (QED) is 0.840. The van der Waals surface area contributed by atoms with Crippen LogP contribution in [0.4, 0.5) is 4.39 Å². The normalized spacial score (nSPS) is 16.2. The van der Waals surface area contributed by atoms with Gasteiger partial charge in [-0.15, -0.1) is 0 Å². The lowest BCUT2D eigenvalue weighted by Gasteiger charge is -2.30. The SMILES string of the molecule is CCNCc1ccc(F)cc1S(=O)(=O)N(C)CC1CCC1. The zero-order chi connectivity index (χ0) is 15.5. The molecule has 0 amide bonds. The molecular formula is C15H23FN2O2S. The number of nitrogens with zero attached hydrogens (tertiary/aromatic N) is 1. The number of hydrogen-bond donors (Lipinski definition) is 1. The number of nitrogens with one attached hydrogen (secondary N) is 1. The maximum atomic E-state index is 13.5. The van der Waals surface area contributed by atoms with Crippen LogP contribution in [0.25, 0.3) is 0 Å². The van der Waals surface area contributed by atoms with Crippen LogP contribution in [-0.4, -0.2) is 32.9 Å². The molecule has 1 aromatic rings. The molecule has 6 heteroatoms. The summed E-state index contributed by atoms with van der Waals surface area (Å²) in [6.45, 7) is 3.61. The van der Waals surface area contributed by atoms with E-state index in [0.29, 0.717) is 24.6 Å². The van der Waals surface area contributed by atoms with E-state index in [1.807, 2.05) is 6.92 Å². The van der Waals surface area contributed by atoms with Gasteiger partial charge in [0.1, 0.15) is 5.82 Å². The van der Waals surface area contributed by atoms with Crippen LogP contribution in [0, 0.1) is 11.7 Å². The highest BCUT2D eigenvalue weighted by Crippen LogP contribution is 2.29. The molecule has 21 heavy (non-hydrogen) atoms. The summed E-state index contributed by atoms with van der Waals surface area (Å²) in [7, 11) is -2.06. The van der Waals surface area contributed by atoms with E-state index in [0.717, 1.165) is 25.5 Å². The van der Waals surface area contributed by atoms with Gasteiger partial charge in [-0.25, -0.2) is 17.1 Å². The van der Waals surface area contributed by atoms with E-state index in [1.54, 1.807) is 13.1 Å². The minimum Gasteiger partial charge on any atom is -0.313 e. The standard InChI is InChI=1S/C15H23FN2O2S/c1-3-17-10-13-7-8-14(16)9-15(13)21(19,20)18(2)11-12-5-4-6-12/h7-9,12,17H,3-6,10-11H2,1-2H3. The number of hydrogen-bond acceptors (Lipinski definition) is 3. The topological polar surface area (TPSA) is 49.4 Å². The smallest absolute Gasteiger partial charge is 0.243 e. The summed E-state index contributed by atoms with van der Waals surface area (Å²) in [4.78, 5) is 0.0743. The molecule has 0 atom stereocenters. The van der Waals surface area contributed by atoms with Crippen molar-refractivity contribution in [2.75, 3.05) is 20.1 Å². The summed E-state index contributed by atoms with van der Waals surface area (Å²) in [5.74, 6) is -0.0820. The molecule has 0 radical (unpaired) electrons. The molecule has 0 heterocycles. The molecular weight excluding hydrogens is 291 g/mol. The summed E-state index contributed by atoms with van der Waals surface area (Å²) >= 11 is 0. The third-order valence-corrected chi connectivity index (χ3v) is 5.93. The van der Waals surface area contributed by atoms with E-state index in [1.165, 1.54) is 16.8 Å². The largest absolute Gasteiger partial charge is 0.313 e. The van der Waals surface area contributed by atoms with Gasteiger partial charge in [0.25, 0.3) is 0 Å². The second-order valence-corrected chi connectivity index (χ2v) is 7.63. The molecule has 0 saturated heterocycles. The van der Waals surface area contributed by atoms with Crippen molar-refractivity contribution >= 4 is 10.0 Å². The van der Waals surface area contributed by atoms with Crippen molar-refractivity contribution in [2.45, 2.75) is 37.6 Å². The number of sulfonamides is 1. The molecule has 0 unspecified atom stereocenters. The Kier molecular flexibility index (Phi) is 5.35. The maximum Gasteiger partial charge on any atom is 0.243 e. The van der Waals surface area contributed by atoms with Crippen LogP contribution >= 0.6 is 0 Å². The lowest BCUT2D eigenvalue weighted by molar-refractivity contribution is 0.263. The monoisotopic (exact) mass is 314 g/mol. The zero-order valence-corrected chi connectivity index (χ0v) is 13.4. The first-order valence-corrected chi connectivity index (χ1v) is 8.84. The molecule has 118 valence electrons. The van der Waals surface area contributed by atoms with Gasteiger partial charge in [-0.2, -0.15) is 0 Å². The summed E-state index contributed by atoms with van der Waals surface area (Å²) in [5, 5.41) is 3.09. The molecule has 0 spiro atoms. The maximum absolute atomic E-state index is 13.5. The fraction of sp³-hybridized carbons (Fsp3) is 0.600. The average molecular weight is 314 g/mol. The lowest BCUT2D eigenvalue weighted by atomic mass is 9.86. The van der Waals surface area contributed by atoms with E-state index >= 15 is 0 Å². The molecule has 4 nitrogen and oxygen atoms in total. The van der Waals surface area contributed by atoms with E-state index in [9.17, 15) is 12.8 Å². The molecule has 0 aliphatic heterocycles. The highest BCUT2D eigenvalue weighted by atomic mass is 32.2. The van der Waals surface area contributed by atoms with Crippen LogP contribution in [-0.2, 0) is 16.6 Å². The number of halogens is 1. The van der Waals surface area contributed by atoms with Gasteiger partial charge in [0.05, 0.1) is 4.90 Å². The minimum absolute atomic E-state index is 0.0743. The van der Waals surface area contributed by atoms with Crippen LogP contribution in [0.15, 0.2) is 23.1 Å². The van der Waals surface area contributed by atoms with Gasteiger partial charge in [-0.05, 0) is 43.0 Å². The van der Waals surface area contributed by atoms with E-state index in [4.69, 9.17) is 0 Å². The fourth-order valence-electron chi connectivity index (χ4n) is 2.48. The van der Waals surface area contributed by atoms with E-state index in [-0.39, 0.29) is 4.90 Å². The van der Waals surface area contributed by atoms with Crippen molar-refractivity contribution in [1.29, 1.82) is 0 Å². The van der Waals surface area contributed by atoms with Crippen molar-refractivity contribution in [3.8, 4) is 0 Å². The first kappa shape index (κ1) is 16.4. The minimum atomic E-state index is -3.64. The summed E-state index contributed by atoms with van der Waals surface area (Å²) in [6.07, 6.45) is 3.32. The average Bonchev–Trinajstić information content (AvgIpc) is 2.41. The molecule has 1 aliphatic rings. The Labute approximate surface area is 126 Å². The Morgan fingerprint density at radius 1 is 1.38 bits per heavy atom. The van der Waals surface area contributed by atoms with Gasteiger partial charge in [0.15, 0.2) is 0 Å². The van der Waals surface area contributed by atoms with Crippen molar-refractivity contribution < 1.29 is 12.8 Å². The highest BCUT2D eigenvalue weighted by molar-refractivity contribution is 7.89. The van der Waals surface area contributed by atoms with Crippen molar-refractivity contribution in [3.63, 3.8) is 0 Å². The molecule has 1 aromatic carbocycles. The van der Waals surface area contributed by atoms with Crippen molar-refractivity contribution in [2.24, 2.45) is 5.92 Å². The number of benzene rings is 1. The molecule has 1 saturated carbocycles. The van der Waals surface area contributed by atoms with Crippen LogP contribution in [0.5, 0.6) is 0 Å². The Morgan fingerprint density at radius 2 is 2.10 bits per heavy atom. The third-order valence-electron chi connectivity index (χ3n) is 4.02. The lowest BCUT2D eigenvalue weighted by Crippen LogP contribution is -2.35.